The van der Waals surface area contributed by atoms with Gasteiger partial charge in [0.15, 0.2) is 6.10 Å². The summed E-state index contributed by atoms with van der Waals surface area (Å²) in [4.78, 5) is 169. The molecule has 13 atom stereocenters. The molecule has 1 aliphatic heterocycles. The maximum atomic E-state index is 15.2. The fourth-order valence-electron chi connectivity index (χ4n) is 11.0. The average Bonchev–Trinajstić information content (AvgIpc) is 3.65. The van der Waals surface area contributed by atoms with Crippen LogP contribution in [0.1, 0.15) is 163 Å². The highest BCUT2D eigenvalue weighted by atomic mass is 16.6. The number of carbonyl (C=O) groups is 11. The molecule has 0 radical (unpaired) electrons. The molecule has 510 valence electrons. The van der Waals surface area contributed by atoms with E-state index in [0.717, 1.165) is 9.80 Å². The van der Waals surface area contributed by atoms with Gasteiger partial charge in [0.25, 0.3) is 5.91 Å². The molecule has 0 aliphatic carbocycles. The maximum Gasteiger partial charge on any atom is 0.329 e. The van der Waals surface area contributed by atoms with Gasteiger partial charge in [-0.25, -0.2) is 4.79 Å². The van der Waals surface area contributed by atoms with Crippen LogP contribution in [0.4, 0.5) is 0 Å². The number of nitrogens with one attached hydrogen (secondary N) is 4. The predicted molar refractivity (Wildman–Crippen MR) is 342 cm³/mol. The molecule has 24 heteroatoms. The summed E-state index contributed by atoms with van der Waals surface area (Å²) in [5.41, 5.74) is 0. The van der Waals surface area contributed by atoms with Crippen molar-refractivity contribution >= 4 is 65.0 Å². The number of methoxy groups -OCH3 is 1. The van der Waals surface area contributed by atoms with Crippen molar-refractivity contribution in [3.8, 4) is 0 Å². The van der Waals surface area contributed by atoms with Crippen molar-refractivity contribution in [1.82, 2.24) is 50.7 Å². The third-order valence-electron chi connectivity index (χ3n) is 16.4. The molecule has 10 amide bonds. The van der Waals surface area contributed by atoms with E-state index >= 15 is 14.4 Å². The van der Waals surface area contributed by atoms with Crippen molar-refractivity contribution in [3.05, 3.63) is 12.2 Å². The van der Waals surface area contributed by atoms with Crippen LogP contribution in [-0.2, 0) is 62.2 Å². The minimum atomic E-state index is -1.68. The second-order valence-corrected chi connectivity index (χ2v) is 27.5. The van der Waals surface area contributed by atoms with Crippen molar-refractivity contribution < 1.29 is 67.3 Å². The van der Waals surface area contributed by atoms with Crippen LogP contribution in [0.3, 0.4) is 0 Å². The van der Waals surface area contributed by atoms with Gasteiger partial charge in [-0.15, -0.1) is 0 Å². The zero-order chi connectivity index (χ0) is 69.0. The van der Waals surface area contributed by atoms with E-state index in [-0.39, 0.29) is 68.1 Å². The Labute approximate surface area is 532 Å². The van der Waals surface area contributed by atoms with Crippen LogP contribution in [0.5, 0.6) is 0 Å². The number of aliphatic hydroxyl groups excluding tert-OH is 1. The smallest absolute Gasteiger partial charge is 0.329 e. The lowest BCUT2D eigenvalue weighted by molar-refractivity contribution is -0.166. The summed E-state index contributed by atoms with van der Waals surface area (Å²) < 4.78 is 11.5. The van der Waals surface area contributed by atoms with E-state index in [1.165, 1.54) is 82.8 Å². The molecule has 1 fully saturated rings. The number of ether oxygens (including phenoxy) is 2. The number of hydrogen-bond donors (Lipinski definition) is 5. The molecule has 1 heterocycles. The van der Waals surface area contributed by atoms with E-state index in [2.05, 4.69) is 21.3 Å². The fraction of sp³-hybridized carbons (Fsp3) is 0.800. The molecule has 1 aliphatic rings. The summed E-state index contributed by atoms with van der Waals surface area (Å²) in [7, 11) is 9.62. The molecular weight excluding hydrogens is 1140 g/mol. The number of rotatable bonds is 18. The van der Waals surface area contributed by atoms with Crippen LogP contribution >= 0.6 is 0 Å². The Morgan fingerprint density at radius 3 is 1.31 bits per heavy atom. The molecule has 5 N–H and O–H groups in total. The number of amides is 10. The monoisotopic (exact) mass is 1260 g/mol. The molecule has 0 spiro atoms. The molecule has 0 bridgehead atoms. The summed E-state index contributed by atoms with van der Waals surface area (Å²) in [6.45, 7) is 31.0. The van der Waals surface area contributed by atoms with Crippen molar-refractivity contribution in [2.24, 2.45) is 47.3 Å². The minimum Gasteiger partial charge on any atom is -0.450 e. The van der Waals surface area contributed by atoms with E-state index in [1.54, 1.807) is 53.7 Å². The highest BCUT2D eigenvalue weighted by Gasteiger charge is 2.46. The number of aliphatic hydroxyl groups is 1. The topological polar surface area (TPSA) is 294 Å². The van der Waals surface area contributed by atoms with E-state index in [9.17, 15) is 43.5 Å². The van der Waals surface area contributed by atoms with Crippen molar-refractivity contribution in [1.29, 1.82) is 0 Å². The van der Waals surface area contributed by atoms with Crippen LogP contribution in [0.25, 0.3) is 0 Å². The molecule has 0 aromatic carbocycles. The van der Waals surface area contributed by atoms with E-state index < -0.39 is 162 Å². The zero-order valence-corrected chi connectivity index (χ0v) is 58.6. The Bertz CT molecular complexity index is 2410. The van der Waals surface area contributed by atoms with Gasteiger partial charge in [-0.05, 0) is 107 Å². The SMILES string of the molecule is C/C=C/C[C@@H](C)[C@@H](O)[C@@H]1C(=O)N[C@H]([C@@H](C)OC)C(=O)N(C)CC(=O)N(C)[C@@H](CC(C)C)C(=O)N[C@H](CC(C)C)C(=O)N(C)[C@H](CC(C)C)C(=O)N[C@H](C)C(=O)O[C@@H](C(C)C)C(=O)N(C)[C@H](CC(C)C)C(=O)N[C@H](CC(C)C)C(=O)N(C)[C@H](C(C)C)C(=O)N1C. The number of allylic oxidation sites excluding steroid dienone is 2. The number of carbonyl (C=O) groups excluding carboxylic acids is 11. The van der Waals surface area contributed by atoms with E-state index in [0.29, 0.717) is 0 Å². The average molecular weight is 1260 g/mol. The largest absolute Gasteiger partial charge is 0.450 e. The predicted octanol–water partition coefficient (Wildman–Crippen LogP) is 4.00. The first-order valence-electron chi connectivity index (χ1n) is 31.9. The lowest BCUT2D eigenvalue weighted by Gasteiger charge is -2.40. The fourth-order valence-corrected chi connectivity index (χ4v) is 11.0. The van der Waals surface area contributed by atoms with Crippen LogP contribution in [0.15, 0.2) is 12.2 Å². The normalized spacial score (nSPS) is 26.6. The molecule has 89 heavy (non-hydrogen) atoms. The van der Waals surface area contributed by atoms with Gasteiger partial charge < -0.3 is 65.2 Å². The first-order chi connectivity index (χ1) is 41.1. The Morgan fingerprint density at radius 1 is 0.506 bits per heavy atom. The van der Waals surface area contributed by atoms with Gasteiger partial charge in [0, 0.05) is 49.4 Å². The molecular formula is C65H116N10O14. The van der Waals surface area contributed by atoms with Gasteiger partial charge in [-0.3, -0.25) is 47.9 Å². The summed E-state index contributed by atoms with van der Waals surface area (Å²) in [5.74, 6) is -11.1. The van der Waals surface area contributed by atoms with E-state index in [1.807, 2.05) is 69.2 Å². The highest BCUT2D eigenvalue weighted by molar-refractivity contribution is 5.99. The minimum absolute atomic E-state index is 0.0926. The van der Waals surface area contributed by atoms with Gasteiger partial charge >= 0.3 is 5.97 Å². The van der Waals surface area contributed by atoms with Crippen LogP contribution in [-0.4, -0.2) is 228 Å². The Morgan fingerprint density at radius 2 is 0.910 bits per heavy atom. The Hall–Kier alpha value is -6.17. The quantitative estimate of drug-likeness (QED) is 0.0958. The summed E-state index contributed by atoms with van der Waals surface area (Å²) in [6.07, 6.45) is 0.362. The lowest BCUT2D eigenvalue weighted by atomic mass is 9.91. The number of likely N-dealkylation sites (N-methyl/N-ethyl adjacent to an activating group) is 6. The Kier molecular flexibility index (Phi) is 33.8. The standard InChI is InChI=1S/C65H116N10O14/c1-26-27-28-42(16)54(77)53-59(81)69-51(44(18)88-25)62(84)70(19)34-50(76)71(20)47(31-37(6)7)57(79)67-45(29-35(2)3)60(82)72(21)48(32-38(8)9)56(78)66-43(17)65(87)89-55(41(14)15)64(86)73(22)49(33-39(10)11)58(80)68-46(30-36(4)5)61(83)74(23)52(40(12)13)63(85)75(53)24/h26-27,35-49,51-55,77H,28-34H2,1-25H3,(H,66,78)(H,67,79)(H,68,80)(H,69,81)/b27-26+/t42-,43-,44-,45-,46-,47+,48-,49-,51-,52-,53-,54-,55+/m1/s1. The first-order valence-corrected chi connectivity index (χ1v) is 31.9. The van der Waals surface area contributed by atoms with Crippen molar-refractivity contribution in [3.63, 3.8) is 0 Å². The van der Waals surface area contributed by atoms with Crippen LogP contribution in [0.2, 0.25) is 0 Å². The summed E-state index contributed by atoms with van der Waals surface area (Å²) >= 11 is 0. The molecule has 1 rings (SSSR count). The van der Waals surface area contributed by atoms with Gasteiger partial charge in [-0.2, -0.15) is 0 Å². The van der Waals surface area contributed by atoms with Gasteiger partial charge in [0.05, 0.1) is 18.8 Å². The van der Waals surface area contributed by atoms with Crippen molar-refractivity contribution in [2.75, 3.05) is 55.9 Å². The van der Waals surface area contributed by atoms with Gasteiger partial charge in [-0.1, -0.05) is 116 Å². The van der Waals surface area contributed by atoms with Crippen molar-refractivity contribution in [2.45, 2.75) is 236 Å². The lowest BCUT2D eigenvalue weighted by Crippen LogP contribution is -2.64. The molecule has 24 nitrogen and oxygen atoms in total. The van der Waals surface area contributed by atoms with Crippen LogP contribution < -0.4 is 21.3 Å². The number of hydrogen-bond acceptors (Lipinski definition) is 14. The van der Waals surface area contributed by atoms with Crippen LogP contribution in [0, 0.1) is 47.3 Å². The Balaban J connectivity index is 4.45. The highest BCUT2D eigenvalue weighted by Crippen LogP contribution is 2.25. The first kappa shape index (κ1) is 80.8. The second-order valence-electron chi connectivity index (χ2n) is 27.5. The zero-order valence-electron chi connectivity index (χ0n) is 58.6. The van der Waals surface area contributed by atoms with Gasteiger partial charge in [0.2, 0.25) is 53.2 Å². The third-order valence-corrected chi connectivity index (χ3v) is 16.4. The summed E-state index contributed by atoms with van der Waals surface area (Å²) in [5, 5.41) is 23.4. The molecule has 0 unspecified atom stereocenters. The molecule has 0 aromatic rings. The number of nitrogens with zero attached hydrogens (tertiary/aromatic N) is 6. The van der Waals surface area contributed by atoms with Gasteiger partial charge in [0.1, 0.15) is 54.4 Å². The van der Waals surface area contributed by atoms with E-state index in [4.69, 9.17) is 9.47 Å². The molecule has 0 saturated carbocycles. The molecule has 0 aromatic heterocycles. The third kappa shape index (κ3) is 23.9. The molecule has 1 saturated heterocycles. The second kappa shape index (κ2) is 37.2. The number of cyclic esters (lactones) is 1. The maximum absolute atomic E-state index is 15.2. The summed E-state index contributed by atoms with van der Waals surface area (Å²) in [6, 6.07) is -11.9. The number of esters is 1.